The Kier molecular flexibility index (Phi) is 3.20. The third kappa shape index (κ3) is 2.58. The van der Waals surface area contributed by atoms with Crippen molar-refractivity contribution in [1.29, 1.82) is 0 Å². The molecule has 0 amide bonds. The maximum atomic E-state index is 5.84. The molecular weight excluding hydrogens is 226 g/mol. The van der Waals surface area contributed by atoms with Crippen LogP contribution < -0.4 is 11.1 Å². The van der Waals surface area contributed by atoms with Gasteiger partial charge in [0.2, 0.25) is 0 Å². The summed E-state index contributed by atoms with van der Waals surface area (Å²) in [4.78, 5) is 4.36. The second-order valence-corrected chi connectivity index (χ2v) is 5.86. The highest BCUT2D eigenvalue weighted by Gasteiger charge is 2.20. The number of nitrogens with one attached hydrogen (secondary N) is 1. The second kappa shape index (κ2) is 4.52. The maximum absolute atomic E-state index is 5.84. The molecule has 4 heteroatoms. The van der Waals surface area contributed by atoms with Crippen LogP contribution in [0.1, 0.15) is 27.7 Å². The van der Waals surface area contributed by atoms with Crippen LogP contribution in [0, 0.1) is 11.3 Å². The van der Waals surface area contributed by atoms with Crippen molar-refractivity contribution in [2.45, 2.75) is 27.7 Å². The summed E-state index contributed by atoms with van der Waals surface area (Å²) in [5.74, 6) is 0.518. The molecule has 0 radical (unpaired) electrons. The number of aromatic nitrogens is 1. The van der Waals surface area contributed by atoms with Gasteiger partial charge < -0.3 is 15.5 Å². The Hall–Kier alpha value is -1.71. The molecule has 0 fully saturated rings. The zero-order valence-corrected chi connectivity index (χ0v) is 11.4. The van der Waals surface area contributed by atoms with E-state index in [-0.39, 0.29) is 5.41 Å². The number of benzene rings is 1. The molecule has 2 rings (SSSR count). The Bertz CT molecular complexity index is 539. The van der Waals surface area contributed by atoms with E-state index in [1.54, 1.807) is 0 Å². The minimum atomic E-state index is 0.262. The van der Waals surface area contributed by atoms with E-state index in [1.165, 1.54) is 0 Å². The SMILES string of the molecule is CC(CNc1nc2c(N)cccc2o1)C(C)(C)C. The molecule has 0 spiro atoms. The number of rotatable bonds is 3. The van der Waals surface area contributed by atoms with Crippen molar-refractivity contribution in [3.8, 4) is 0 Å². The van der Waals surface area contributed by atoms with Gasteiger partial charge in [0.25, 0.3) is 6.01 Å². The van der Waals surface area contributed by atoms with Crippen molar-refractivity contribution in [2.75, 3.05) is 17.6 Å². The minimum Gasteiger partial charge on any atom is -0.423 e. The molecule has 2 aromatic rings. The summed E-state index contributed by atoms with van der Waals surface area (Å²) in [6, 6.07) is 6.10. The summed E-state index contributed by atoms with van der Waals surface area (Å²) in [7, 11) is 0. The Morgan fingerprint density at radius 1 is 1.39 bits per heavy atom. The molecule has 1 atom stereocenters. The van der Waals surface area contributed by atoms with Gasteiger partial charge in [0.1, 0.15) is 5.52 Å². The molecule has 0 aliphatic heterocycles. The second-order valence-electron chi connectivity index (χ2n) is 5.86. The molecule has 0 saturated carbocycles. The van der Waals surface area contributed by atoms with E-state index >= 15 is 0 Å². The van der Waals surface area contributed by atoms with Crippen LogP contribution in [0.15, 0.2) is 22.6 Å². The van der Waals surface area contributed by atoms with Gasteiger partial charge in [0.15, 0.2) is 5.58 Å². The summed E-state index contributed by atoms with van der Waals surface area (Å²) in [5.41, 5.74) is 8.20. The molecule has 18 heavy (non-hydrogen) atoms. The highest BCUT2D eigenvalue weighted by Crippen LogP contribution is 2.27. The molecule has 1 heterocycles. The van der Waals surface area contributed by atoms with Crippen molar-refractivity contribution in [3.63, 3.8) is 0 Å². The largest absolute Gasteiger partial charge is 0.423 e. The van der Waals surface area contributed by atoms with Crippen molar-refractivity contribution < 1.29 is 4.42 Å². The average molecular weight is 247 g/mol. The van der Waals surface area contributed by atoms with Crippen LogP contribution in [0.5, 0.6) is 0 Å². The fourth-order valence-electron chi connectivity index (χ4n) is 1.59. The number of nitrogens with zero attached hydrogens (tertiary/aromatic N) is 1. The summed E-state index contributed by atoms with van der Waals surface area (Å²) < 4.78 is 5.61. The Morgan fingerprint density at radius 3 is 2.72 bits per heavy atom. The van der Waals surface area contributed by atoms with Crippen molar-refractivity contribution in [1.82, 2.24) is 4.98 Å². The fourth-order valence-corrected chi connectivity index (χ4v) is 1.59. The number of oxazole rings is 1. The number of nitrogen functional groups attached to an aromatic ring is 1. The summed E-state index contributed by atoms with van der Waals surface area (Å²) in [5, 5.41) is 3.23. The number of anilines is 2. The lowest BCUT2D eigenvalue weighted by Crippen LogP contribution is -2.24. The van der Waals surface area contributed by atoms with Gasteiger partial charge >= 0.3 is 0 Å². The lowest BCUT2D eigenvalue weighted by atomic mass is 9.82. The van der Waals surface area contributed by atoms with Crippen LogP contribution in [0.2, 0.25) is 0 Å². The van der Waals surface area contributed by atoms with Gasteiger partial charge in [-0.1, -0.05) is 33.8 Å². The van der Waals surface area contributed by atoms with Crippen LogP contribution in [0.25, 0.3) is 11.1 Å². The van der Waals surface area contributed by atoms with Gasteiger partial charge in [-0.2, -0.15) is 4.98 Å². The van der Waals surface area contributed by atoms with Crippen LogP contribution >= 0.6 is 0 Å². The molecule has 0 aliphatic rings. The smallest absolute Gasteiger partial charge is 0.295 e. The quantitative estimate of drug-likeness (QED) is 0.815. The number of hydrogen-bond donors (Lipinski definition) is 2. The molecule has 1 aromatic heterocycles. The zero-order chi connectivity index (χ0) is 13.3. The van der Waals surface area contributed by atoms with Crippen molar-refractivity contribution in [2.24, 2.45) is 11.3 Å². The topological polar surface area (TPSA) is 64.1 Å². The molecule has 1 unspecified atom stereocenters. The van der Waals surface area contributed by atoms with Gasteiger partial charge in [-0.25, -0.2) is 0 Å². The standard InChI is InChI=1S/C14H21N3O/c1-9(14(2,3)4)8-16-13-17-12-10(15)6-5-7-11(12)18-13/h5-7,9H,8,15H2,1-4H3,(H,16,17). The van der Waals surface area contributed by atoms with E-state index in [0.29, 0.717) is 17.6 Å². The van der Waals surface area contributed by atoms with Crippen molar-refractivity contribution in [3.05, 3.63) is 18.2 Å². The summed E-state index contributed by atoms with van der Waals surface area (Å²) in [6.07, 6.45) is 0. The first-order valence-electron chi connectivity index (χ1n) is 6.27. The van der Waals surface area contributed by atoms with Crippen molar-refractivity contribution >= 4 is 22.8 Å². The first-order valence-corrected chi connectivity index (χ1v) is 6.27. The Balaban J connectivity index is 2.11. The number of para-hydroxylation sites is 1. The van der Waals surface area contributed by atoms with Crippen LogP contribution in [-0.4, -0.2) is 11.5 Å². The predicted molar refractivity (Wildman–Crippen MR) is 75.5 cm³/mol. The highest BCUT2D eigenvalue weighted by atomic mass is 16.4. The van der Waals surface area contributed by atoms with Gasteiger partial charge in [0, 0.05) is 6.54 Å². The molecule has 4 nitrogen and oxygen atoms in total. The maximum Gasteiger partial charge on any atom is 0.295 e. The Morgan fingerprint density at radius 2 is 2.11 bits per heavy atom. The van der Waals surface area contributed by atoms with E-state index in [4.69, 9.17) is 10.2 Å². The molecule has 98 valence electrons. The van der Waals surface area contributed by atoms with Gasteiger partial charge in [-0.05, 0) is 23.5 Å². The first-order chi connectivity index (χ1) is 8.38. The number of nitrogens with two attached hydrogens (primary N) is 1. The molecule has 0 aliphatic carbocycles. The van der Waals surface area contributed by atoms with E-state index in [9.17, 15) is 0 Å². The summed E-state index contributed by atoms with van der Waals surface area (Å²) >= 11 is 0. The van der Waals surface area contributed by atoms with E-state index < -0.39 is 0 Å². The fraction of sp³-hybridized carbons (Fsp3) is 0.500. The predicted octanol–water partition coefficient (Wildman–Crippen LogP) is 3.50. The lowest BCUT2D eigenvalue weighted by molar-refractivity contribution is 0.273. The van der Waals surface area contributed by atoms with Gasteiger partial charge in [0.05, 0.1) is 5.69 Å². The van der Waals surface area contributed by atoms with Crippen LogP contribution in [0.4, 0.5) is 11.7 Å². The van der Waals surface area contributed by atoms with E-state index in [2.05, 4.69) is 38.0 Å². The minimum absolute atomic E-state index is 0.262. The number of hydrogen-bond acceptors (Lipinski definition) is 4. The third-order valence-corrected chi connectivity index (χ3v) is 3.49. The molecule has 0 saturated heterocycles. The average Bonchev–Trinajstić information content (AvgIpc) is 2.69. The molecule has 1 aromatic carbocycles. The summed E-state index contributed by atoms with van der Waals surface area (Å²) in [6.45, 7) is 9.72. The van der Waals surface area contributed by atoms with Gasteiger partial charge in [-0.15, -0.1) is 0 Å². The monoisotopic (exact) mass is 247 g/mol. The highest BCUT2D eigenvalue weighted by molar-refractivity contribution is 5.86. The van der Waals surface area contributed by atoms with E-state index in [1.807, 2.05) is 18.2 Å². The third-order valence-electron chi connectivity index (χ3n) is 3.49. The van der Waals surface area contributed by atoms with Crippen LogP contribution in [0.3, 0.4) is 0 Å². The van der Waals surface area contributed by atoms with Crippen LogP contribution in [-0.2, 0) is 0 Å². The number of fused-ring (bicyclic) bond motifs is 1. The first kappa shape index (κ1) is 12.7. The zero-order valence-electron chi connectivity index (χ0n) is 11.4. The molecule has 0 bridgehead atoms. The normalized spacial score (nSPS) is 13.8. The van der Waals surface area contributed by atoms with Gasteiger partial charge in [-0.3, -0.25) is 0 Å². The molecular formula is C14H21N3O. The Labute approximate surface area is 108 Å². The lowest BCUT2D eigenvalue weighted by Gasteiger charge is -2.26. The van der Waals surface area contributed by atoms with E-state index in [0.717, 1.165) is 17.6 Å². The molecule has 3 N–H and O–H groups in total.